The van der Waals surface area contributed by atoms with Gasteiger partial charge in [0.05, 0.1) is 0 Å². The normalized spacial score (nSPS) is 38.5. The summed E-state index contributed by atoms with van der Waals surface area (Å²) in [6.45, 7) is 0. The van der Waals surface area contributed by atoms with Crippen molar-refractivity contribution >= 4 is 11.8 Å². The van der Waals surface area contributed by atoms with Crippen LogP contribution in [0.5, 0.6) is 0 Å². The number of hydrogen-bond donors (Lipinski definition) is 1. The third-order valence-electron chi connectivity index (χ3n) is 3.29. The van der Waals surface area contributed by atoms with Crippen molar-refractivity contribution in [1.82, 2.24) is 0 Å². The third-order valence-corrected chi connectivity index (χ3v) is 3.29. The summed E-state index contributed by atoms with van der Waals surface area (Å²) in [5.41, 5.74) is 0. The highest BCUT2D eigenvalue weighted by Crippen LogP contribution is 2.48. The summed E-state index contributed by atoms with van der Waals surface area (Å²) in [5, 5.41) is 8.52. The number of aliphatic carboxylic acids is 1. The average molecular weight is 168 g/mol. The summed E-state index contributed by atoms with van der Waals surface area (Å²) in [6, 6.07) is 0. The van der Waals surface area contributed by atoms with Crippen LogP contribution in [-0.2, 0) is 9.59 Å². The predicted octanol–water partition coefficient (Wildman–Crippen LogP) is 1.08. The van der Waals surface area contributed by atoms with Crippen molar-refractivity contribution in [3.05, 3.63) is 0 Å². The first-order valence-corrected chi connectivity index (χ1v) is 4.45. The number of carbonyl (C=O) groups is 2. The quantitative estimate of drug-likeness (QED) is 0.627. The molecule has 2 aliphatic carbocycles. The smallest absolute Gasteiger partial charge is 0.372 e. The molecule has 0 radical (unpaired) electrons. The van der Waals surface area contributed by atoms with Gasteiger partial charge in [-0.05, 0) is 31.1 Å². The Kier molecular flexibility index (Phi) is 1.67. The van der Waals surface area contributed by atoms with Crippen molar-refractivity contribution in [3.63, 3.8) is 0 Å². The van der Waals surface area contributed by atoms with E-state index in [2.05, 4.69) is 0 Å². The lowest BCUT2D eigenvalue weighted by atomic mass is 9.86. The Morgan fingerprint density at radius 1 is 1.17 bits per heavy atom. The Morgan fingerprint density at radius 2 is 1.92 bits per heavy atom. The number of ketones is 1. The van der Waals surface area contributed by atoms with Crippen LogP contribution in [-0.4, -0.2) is 16.9 Å². The van der Waals surface area contributed by atoms with Crippen LogP contribution in [0.2, 0.25) is 0 Å². The molecule has 0 aromatic heterocycles. The average Bonchev–Trinajstić information content (AvgIpc) is 2.62. The van der Waals surface area contributed by atoms with Gasteiger partial charge >= 0.3 is 5.97 Å². The zero-order valence-corrected chi connectivity index (χ0v) is 6.82. The number of carbonyl (C=O) groups excluding carboxylic acids is 1. The number of carboxylic acid groups (broad SMARTS) is 1. The summed E-state index contributed by atoms with van der Waals surface area (Å²) in [4.78, 5) is 21.5. The van der Waals surface area contributed by atoms with Gasteiger partial charge in [-0.1, -0.05) is 6.42 Å². The van der Waals surface area contributed by atoms with E-state index in [-0.39, 0.29) is 5.92 Å². The van der Waals surface area contributed by atoms with Crippen LogP contribution in [0.4, 0.5) is 0 Å². The highest BCUT2D eigenvalue weighted by Gasteiger charge is 2.44. The van der Waals surface area contributed by atoms with E-state index in [4.69, 9.17) is 5.11 Å². The molecular weight excluding hydrogens is 156 g/mol. The molecule has 2 saturated carbocycles. The fraction of sp³-hybridized carbons (Fsp3) is 0.778. The Bertz CT molecular complexity index is 234. The second kappa shape index (κ2) is 2.57. The lowest BCUT2D eigenvalue weighted by molar-refractivity contribution is -0.151. The molecule has 3 nitrogen and oxygen atoms in total. The minimum Gasteiger partial charge on any atom is -0.475 e. The van der Waals surface area contributed by atoms with Crippen molar-refractivity contribution in [2.45, 2.75) is 25.7 Å². The van der Waals surface area contributed by atoms with Crippen molar-refractivity contribution in [2.75, 3.05) is 0 Å². The van der Waals surface area contributed by atoms with E-state index in [0.717, 1.165) is 19.3 Å². The molecule has 0 aromatic rings. The molecule has 0 heterocycles. The first-order valence-electron chi connectivity index (χ1n) is 4.45. The van der Waals surface area contributed by atoms with Gasteiger partial charge in [0, 0.05) is 5.92 Å². The highest BCUT2D eigenvalue weighted by molar-refractivity contribution is 6.33. The molecule has 0 amide bonds. The Hall–Kier alpha value is -0.860. The molecule has 2 rings (SSSR count). The van der Waals surface area contributed by atoms with Gasteiger partial charge in [0.25, 0.3) is 0 Å². The van der Waals surface area contributed by atoms with Crippen LogP contribution in [0.25, 0.3) is 0 Å². The molecular formula is C9H12O3. The maximum absolute atomic E-state index is 11.1. The van der Waals surface area contributed by atoms with Gasteiger partial charge in [0.1, 0.15) is 0 Å². The molecule has 0 spiro atoms. The zero-order valence-electron chi connectivity index (χ0n) is 6.82. The van der Waals surface area contributed by atoms with Gasteiger partial charge in [-0.3, -0.25) is 4.79 Å². The lowest BCUT2D eigenvalue weighted by Crippen LogP contribution is -2.27. The molecule has 0 saturated heterocycles. The molecule has 3 atom stereocenters. The maximum Gasteiger partial charge on any atom is 0.372 e. The minimum absolute atomic E-state index is 0.152. The fourth-order valence-corrected chi connectivity index (χ4v) is 2.72. The van der Waals surface area contributed by atoms with Gasteiger partial charge in [-0.2, -0.15) is 0 Å². The lowest BCUT2D eigenvalue weighted by Gasteiger charge is -2.17. The van der Waals surface area contributed by atoms with E-state index < -0.39 is 11.8 Å². The van der Waals surface area contributed by atoms with Gasteiger partial charge in [-0.15, -0.1) is 0 Å². The number of carboxylic acids is 1. The molecule has 3 unspecified atom stereocenters. The monoisotopic (exact) mass is 168 g/mol. The minimum atomic E-state index is -1.24. The van der Waals surface area contributed by atoms with Crippen molar-refractivity contribution in [1.29, 1.82) is 0 Å². The predicted molar refractivity (Wildman–Crippen MR) is 41.6 cm³/mol. The molecule has 66 valence electrons. The Morgan fingerprint density at radius 3 is 2.33 bits per heavy atom. The van der Waals surface area contributed by atoms with Gasteiger partial charge in [0.2, 0.25) is 5.78 Å². The Balaban J connectivity index is 2.07. The summed E-state index contributed by atoms with van der Waals surface area (Å²) >= 11 is 0. The van der Waals surface area contributed by atoms with Gasteiger partial charge in [0.15, 0.2) is 0 Å². The standard InChI is InChI=1S/C9H12O3/c10-8(9(11)12)7-4-5-1-2-6(7)3-5/h5-7H,1-4H2,(H,11,12). The van der Waals surface area contributed by atoms with Crippen LogP contribution in [0.1, 0.15) is 25.7 Å². The summed E-state index contributed by atoms with van der Waals surface area (Å²) < 4.78 is 0. The fourth-order valence-electron chi connectivity index (χ4n) is 2.72. The number of rotatable bonds is 2. The number of fused-ring (bicyclic) bond motifs is 2. The van der Waals surface area contributed by atoms with E-state index in [9.17, 15) is 9.59 Å². The largest absolute Gasteiger partial charge is 0.475 e. The van der Waals surface area contributed by atoms with Crippen LogP contribution < -0.4 is 0 Å². The summed E-state index contributed by atoms with van der Waals surface area (Å²) in [5.74, 6) is -0.919. The Labute approximate surface area is 70.8 Å². The molecule has 2 aliphatic rings. The second-order valence-electron chi connectivity index (χ2n) is 3.95. The second-order valence-corrected chi connectivity index (χ2v) is 3.95. The van der Waals surface area contributed by atoms with Crippen molar-refractivity contribution in [2.24, 2.45) is 17.8 Å². The SMILES string of the molecule is O=C(O)C(=O)C1CC2CCC1C2. The zero-order chi connectivity index (χ0) is 8.72. The molecule has 2 fully saturated rings. The highest BCUT2D eigenvalue weighted by atomic mass is 16.4. The van der Waals surface area contributed by atoms with Crippen LogP contribution in [0.3, 0.4) is 0 Å². The first-order chi connectivity index (χ1) is 5.68. The molecule has 1 N–H and O–H groups in total. The summed E-state index contributed by atoms with van der Waals surface area (Å²) in [6.07, 6.45) is 4.18. The topological polar surface area (TPSA) is 54.4 Å². The van der Waals surface area contributed by atoms with Crippen LogP contribution in [0.15, 0.2) is 0 Å². The van der Waals surface area contributed by atoms with E-state index >= 15 is 0 Å². The van der Waals surface area contributed by atoms with Crippen LogP contribution in [0, 0.1) is 17.8 Å². The van der Waals surface area contributed by atoms with E-state index in [1.807, 2.05) is 0 Å². The molecule has 0 aromatic carbocycles. The van der Waals surface area contributed by atoms with Gasteiger partial charge < -0.3 is 5.11 Å². The van der Waals surface area contributed by atoms with E-state index in [1.165, 1.54) is 6.42 Å². The van der Waals surface area contributed by atoms with Gasteiger partial charge in [-0.25, -0.2) is 4.79 Å². The third kappa shape index (κ3) is 1.04. The maximum atomic E-state index is 11.1. The van der Waals surface area contributed by atoms with Crippen molar-refractivity contribution < 1.29 is 14.7 Å². The molecule has 3 heteroatoms. The van der Waals surface area contributed by atoms with Crippen LogP contribution >= 0.6 is 0 Å². The number of Topliss-reactive ketones (excluding diaryl/α,β-unsaturated/α-hetero) is 1. The van der Waals surface area contributed by atoms with Crippen molar-refractivity contribution in [3.8, 4) is 0 Å². The number of hydrogen-bond acceptors (Lipinski definition) is 2. The molecule has 0 aliphatic heterocycles. The molecule has 12 heavy (non-hydrogen) atoms. The van der Waals surface area contributed by atoms with E-state index in [1.54, 1.807) is 0 Å². The first kappa shape index (κ1) is 7.77. The van der Waals surface area contributed by atoms with E-state index in [0.29, 0.717) is 11.8 Å². The molecule has 2 bridgehead atoms. The summed E-state index contributed by atoms with van der Waals surface area (Å²) in [7, 11) is 0.